The number of morpholine rings is 1. The molecule has 29 heavy (non-hydrogen) atoms. The molecule has 1 aromatic carbocycles. The van der Waals surface area contributed by atoms with Crippen molar-refractivity contribution < 1.29 is 9.15 Å². The van der Waals surface area contributed by atoms with Crippen molar-refractivity contribution in [1.82, 2.24) is 9.80 Å². The second kappa shape index (κ2) is 10.2. The van der Waals surface area contributed by atoms with Gasteiger partial charge in [0.1, 0.15) is 11.5 Å². The largest absolute Gasteiger partial charge is 0.464 e. The van der Waals surface area contributed by atoms with Gasteiger partial charge in [0.05, 0.1) is 19.8 Å². The molecule has 0 atom stereocenters. The van der Waals surface area contributed by atoms with Gasteiger partial charge in [-0.15, -0.1) is 0 Å². The van der Waals surface area contributed by atoms with Crippen LogP contribution < -0.4 is 5.32 Å². The average Bonchev–Trinajstić information content (AvgIpc) is 3.10. The summed E-state index contributed by atoms with van der Waals surface area (Å²) in [5.41, 5.74) is 3.70. The Hall–Kier alpha value is -1.89. The summed E-state index contributed by atoms with van der Waals surface area (Å²) in [5.74, 6) is 2.28. The van der Waals surface area contributed by atoms with Gasteiger partial charge in [-0.2, -0.15) is 0 Å². The summed E-state index contributed by atoms with van der Waals surface area (Å²) in [5, 5.41) is 4.26. The summed E-state index contributed by atoms with van der Waals surface area (Å²) >= 11 is 5.85. The number of nitrogens with one attached hydrogen (secondary N) is 1. The molecule has 0 aliphatic carbocycles. The van der Waals surface area contributed by atoms with Gasteiger partial charge in [-0.1, -0.05) is 26.0 Å². The standard InChI is InChI=1S/C23H33N3O2S/c1-17(2)22-18(3)6-5-7-21(22)24-23(29)26(16-20-9-8-19(4)28-20)11-10-25-12-14-27-15-13-25/h5-9,17H,10-16H2,1-4H3,(H,24,29). The van der Waals surface area contributed by atoms with Crippen molar-refractivity contribution >= 4 is 23.0 Å². The molecule has 0 amide bonds. The van der Waals surface area contributed by atoms with Crippen LogP contribution in [0.25, 0.3) is 0 Å². The molecule has 1 aromatic heterocycles. The molecule has 2 heterocycles. The van der Waals surface area contributed by atoms with Crippen LogP contribution in [0.4, 0.5) is 5.69 Å². The van der Waals surface area contributed by atoms with Crippen LogP contribution in [0.15, 0.2) is 34.7 Å². The third-order valence-electron chi connectivity index (χ3n) is 5.36. The maximum absolute atomic E-state index is 5.85. The van der Waals surface area contributed by atoms with E-state index < -0.39 is 0 Å². The zero-order valence-corrected chi connectivity index (χ0v) is 18.8. The van der Waals surface area contributed by atoms with Gasteiger partial charge in [0, 0.05) is 31.9 Å². The molecule has 0 unspecified atom stereocenters. The Labute approximate surface area is 180 Å². The second-order valence-corrected chi connectivity index (χ2v) is 8.40. The minimum absolute atomic E-state index is 0.427. The zero-order valence-electron chi connectivity index (χ0n) is 18.0. The van der Waals surface area contributed by atoms with Crippen LogP contribution in [-0.2, 0) is 11.3 Å². The number of aryl methyl sites for hydroxylation is 2. The fourth-order valence-corrected chi connectivity index (χ4v) is 4.11. The average molecular weight is 416 g/mol. The van der Waals surface area contributed by atoms with Gasteiger partial charge >= 0.3 is 0 Å². The Morgan fingerprint density at radius 2 is 1.93 bits per heavy atom. The normalized spacial score (nSPS) is 14.9. The molecule has 1 aliphatic heterocycles. The van der Waals surface area contributed by atoms with Crippen molar-refractivity contribution in [2.75, 3.05) is 44.7 Å². The van der Waals surface area contributed by atoms with E-state index in [0.29, 0.717) is 12.5 Å². The van der Waals surface area contributed by atoms with Crippen molar-refractivity contribution in [1.29, 1.82) is 0 Å². The Kier molecular flexibility index (Phi) is 7.70. The van der Waals surface area contributed by atoms with E-state index in [1.54, 1.807) is 0 Å². The maximum Gasteiger partial charge on any atom is 0.173 e. The molecule has 0 spiro atoms. The zero-order chi connectivity index (χ0) is 20.8. The fraction of sp³-hybridized carbons (Fsp3) is 0.522. The highest BCUT2D eigenvalue weighted by atomic mass is 32.1. The number of benzene rings is 1. The van der Waals surface area contributed by atoms with E-state index in [2.05, 4.69) is 54.1 Å². The number of thiocarbonyl (C=S) groups is 1. The predicted octanol–water partition coefficient (Wildman–Crippen LogP) is 4.55. The Balaban J connectivity index is 1.73. The van der Waals surface area contributed by atoms with E-state index in [1.807, 2.05) is 19.1 Å². The lowest BCUT2D eigenvalue weighted by molar-refractivity contribution is 0.0356. The first-order chi connectivity index (χ1) is 13.9. The summed E-state index contributed by atoms with van der Waals surface area (Å²) in [6.45, 7) is 14.6. The number of furan rings is 1. The summed E-state index contributed by atoms with van der Waals surface area (Å²) < 4.78 is 11.3. The van der Waals surface area contributed by atoms with Gasteiger partial charge < -0.3 is 19.4 Å². The number of anilines is 1. The van der Waals surface area contributed by atoms with Crippen LogP contribution in [0.5, 0.6) is 0 Å². The van der Waals surface area contributed by atoms with E-state index in [1.165, 1.54) is 11.1 Å². The van der Waals surface area contributed by atoms with E-state index in [9.17, 15) is 0 Å². The number of nitrogens with zero attached hydrogens (tertiary/aromatic N) is 2. The maximum atomic E-state index is 5.85. The highest BCUT2D eigenvalue weighted by Gasteiger charge is 2.18. The van der Waals surface area contributed by atoms with E-state index >= 15 is 0 Å². The molecule has 158 valence electrons. The van der Waals surface area contributed by atoms with Gasteiger partial charge in [0.15, 0.2) is 5.11 Å². The van der Waals surface area contributed by atoms with Gasteiger partial charge in [-0.05, 0) is 61.3 Å². The van der Waals surface area contributed by atoms with Crippen molar-refractivity contribution in [3.05, 3.63) is 53.0 Å². The molecule has 1 fully saturated rings. The van der Waals surface area contributed by atoms with E-state index in [0.717, 1.165) is 61.7 Å². The topological polar surface area (TPSA) is 40.9 Å². The second-order valence-electron chi connectivity index (χ2n) is 8.01. The number of hydrogen-bond donors (Lipinski definition) is 1. The third-order valence-corrected chi connectivity index (χ3v) is 5.72. The van der Waals surface area contributed by atoms with Gasteiger partial charge in [-0.25, -0.2) is 0 Å². The molecular formula is C23H33N3O2S. The monoisotopic (exact) mass is 415 g/mol. The third kappa shape index (κ3) is 6.04. The van der Waals surface area contributed by atoms with Crippen molar-refractivity contribution in [2.45, 2.75) is 40.2 Å². The first kappa shape index (κ1) is 21.8. The summed E-state index contributed by atoms with van der Waals surface area (Å²) in [6.07, 6.45) is 0. The van der Waals surface area contributed by atoms with Crippen LogP contribution in [0.1, 0.15) is 42.4 Å². The van der Waals surface area contributed by atoms with Crippen molar-refractivity contribution in [2.24, 2.45) is 0 Å². The van der Waals surface area contributed by atoms with Crippen molar-refractivity contribution in [3.8, 4) is 0 Å². The molecule has 3 rings (SSSR count). The lowest BCUT2D eigenvalue weighted by Gasteiger charge is -2.31. The summed E-state index contributed by atoms with van der Waals surface area (Å²) in [4.78, 5) is 4.63. The fourth-order valence-electron chi connectivity index (χ4n) is 3.85. The smallest absolute Gasteiger partial charge is 0.173 e. The predicted molar refractivity (Wildman–Crippen MR) is 123 cm³/mol. The van der Waals surface area contributed by atoms with Gasteiger partial charge in [-0.3, -0.25) is 4.90 Å². The minimum Gasteiger partial charge on any atom is -0.464 e. The van der Waals surface area contributed by atoms with E-state index in [4.69, 9.17) is 21.4 Å². The van der Waals surface area contributed by atoms with E-state index in [-0.39, 0.29) is 0 Å². The molecule has 0 radical (unpaired) electrons. The Morgan fingerprint density at radius 3 is 2.59 bits per heavy atom. The first-order valence-corrected chi connectivity index (χ1v) is 10.9. The van der Waals surface area contributed by atoms with Crippen LogP contribution in [0.3, 0.4) is 0 Å². The number of hydrogen-bond acceptors (Lipinski definition) is 4. The molecule has 1 N–H and O–H groups in total. The summed E-state index contributed by atoms with van der Waals surface area (Å²) in [7, 11) is 0. The van der Waals surface area contributed by atoms with Crippen LogP contribution in [0, 0.1) is 13.8 Å². The number of rotatable bonds is 7. The molecule has 2 aromatic rings. The summed E-state index contributed by atoms with van der Waals surface area (Å²) in [6, 6.07) is 10.4. The van der Waals surface area contributed by atoms with Gasteiger partial charge in [0.2, 0.25) is 0 Å². The van der Waals surface area contributed by atoms with Crippen LogP contribution in [0.2, 0.25) is 0 Å². The Morgan fingerprint density at radius 1 is 1.17 bits per heavy atom. The minimum atomic E-state index is 0.427. The highest BCUT2D eigenvalue weighted by molar-refractivity contribution is 7.80. The SMILES string of the molecule is Cc1ccc(CN(CCN2CCOCC2)C(=S)Nc2cccc(C)c2C(C)C)o1. The lowest BCUT2D eigenvalue weighted by Crippen LogP contribution is -2.44. The first-order valence-electron chi connectivity index (χ1n) is 10.4. The molecule has 1 aliphatic rings. The number of ether oxygens (including phenoxy) is 1. The Bertz CT molecular complexity index is 812. The molecule has 6 heteroatoms. The quantitative estimate of drug-likeness (QED) is 0.669. The van der Waals surface area contributed by atoms with Gasteiger partial charge in [0.25, 0.3) is 0 Å². The highest BCUT2D eigenvalue weighted by Crippen LogP contribution is 2.28. The molecule has 0 bridgehead atoms. The lowest BCUT2D eigenvalue weighted by atomic mass is 9.96. The van der Waals surface area contributed by atoms with Crippen LogP contribution >= 0.6 is 12.2 Å². The molecule has 0 saturated carbocycles. The molecule has 1 saturated heterocycles. The van der Waals surface area contributed by atoms with Crippen molar-refractivity contribution in [3.63, 3.8) is 0 Å². The molecular weight excluding hydrogens is 382 g/mol. The molecule has 5 nitrogen and oxygen atoms in total. The van der Waals surface area contributed by atoms with Crippen LogP contribution in [-0.4, -0.2) is 54.3 Å².